The van der Waals surface area contributed by atoms with Crippen molar-refractivity contribution >= 4 is 27.3 Å². The third kappa shape index (κ3) is 3.76. The van der Waals surface area contributed by atoms with Crippen LogP contribution in [0.1, 0.15) is 6.92 Å². The highest BCUT2D eigenvalue weighted by atomic mass is 79.9. The number of rotatable bonds is 3. The Morgan fingerprint density at radius 1 is 1.35 bits per heavy atom. The van der Waals surface area contributed by atoms with Crippen LogP contribution in [0.25, 0.3) is 0 Å². The molecule has 0 heterocycles. The molecule has 1 aromatic carbocycles. The van der Waals surface area contributed by atoms with Gasteiger partial charge in [0.15, 0.2) is 0 Å². The van der Waals surface area contributed by atoms with Crippen molar-refractivity contribution in [1.82, 2.24) is 0 Å². The van der Waals surface area contributed by atoms with E-state index >= 15 is 0 Å². The van der Waals surface area contributed by atoms with Gasteiger partial charge in [0.2, 0.25) is 0 Å². The average molecular weight is 315 g/mol. The number of alkyl halides is 3. The van der Waals surface area contributed by atoms with Crippen LogP contribution in [0.5, 0.6) is 0 Å². The molecule has 0 bridgehead atoms. The number of hydrogen-bond donors (Lipinski definition) is 1. The maximum absolute atomic E-state index is 13.3. The quantitative estimate of drug-likeness (QED) is 0.683. The van der Waals surface area contributed by atoms with Gasteiger partial charge >= 0.3 is 6.18 Å². The van der Waals surface area contributed by atoms with E-state index in [1.54, 1.807) is 6.92 Å². The number of nitrogens with two attached hydrogens (primary N) is 1. The van der Waals surface area contributed by atoms with Crippen LogP contribution < -0.4 is 10.6 Å². The molecule has 0 radical (unpaired) electrons. The monoisotopic (exact) mass is 314 g/mol. The summed E-state index contributed by atoms with van der Waals surface area (Å²) in [5.74, 6) is -0.644. The number of nitrogen functional groups attached to an aromatic ring is 1. The first-order valence-electron chi connectivity index (χ1n) is 4.81. The first kappa shape index (κ1) is 14.1. The zero-order chi connectivity index (χ0) is 13.2. The Kier molecular flexibility index (Phi) is 4.24. The molecule has 2 nitrogen and oxygen atoms in total. The highest BCUT2D eigenvalue weighted by molar-refractivity contribution is 9.10. The van der Waals surface area contributed by atoms with E-state index in [4.69, 9.17) is 5.73 Å². The molecule has 0 aliphatic carbocycles. The molecule has 0 saturated carbocycles. The number of benzene rings is 1. The van der Waals surface area contributed by atoms with E-state index in [1.807, 2.05) is 0 Å². The fraction of sp³-hybridized carbons (Fsp3) is 0.400. The summed E-state index contributed by atoms with van der Waals surface area (Å²) in [5.41, 5.74) is 5.73. The molecule has 0 spiro atoms. The fourth-order valence-corrected chi connectivity index (χ4v) is 1.77. The number of anilines is 2. The Hall–Kier alpha value is -0.980. The van der Waals surface area contributed by atoms with Crippen molar-refractivity contribution in [2.75, 3.05) is 23.7 Å². The highest BCUT2D eigenvalue weighted by Crippen LogP contribution is 2.31. The van der Waals surface area contributed by atoms with Gasteiger partial charge in [-0.05, 0) is 28.9 Å². The molecule has 0 atom stereocenters. The van der Waals surface area contributed by atoms with Crippen LogP contribution in [-0.4, -0.2) is 19.3 Å². The van der Waals surface area contributed by atoms with Crippen LogP contribution in [0.15, 0.2) is 16.6 Å². The molecule has 1 rings (SSSR count). The second kappa shape index (κ2) is 5.12. The van der Waals surface area contributed by atoms with Crippen LogP contribution >= 0.6 is 15.9 Å². The lowest BCUT2D eigenvalue weighted by atomic mass is 10.2. The first-order valence-corrected chi connectivity index (χ1v) is 5.60. The minimum Gasteiger partial charge on any atom is -0.397 e. The predicted molar refractivity (Wildman–Crippen MR) is 62.5 cm³/mol. The van der Waals surface area contributed by atoms with Gasteiger partial charge in [-0.25, -0.2) is 4.39 Å². The predicted octanol–water partition coefficient (Wildman–Crippen LogP) is 3.56. The summed E-state index contributed by atoms with van der Waals surface area (Å²) < 4.78 is 50.3. The van der Waals surface area contributed by atoms with E-state index in [1.165, 1.54) is 6.07 Å². The van der Waals surface area contributed by atoms with E-state index in [-0.39, 0.29) is 22.4 Å². The Labute approximate surface area is 105 Å². The molecular weight excluding hydrogens is 304 g/mol. The molecule has 0 aliphatic rings. The molecule has 0 fully saturated rings. The smallest absolute Gasteiger partial charge is 0.397 e. The van der Waals surface area contributed by atoms with Crippen LogP contribution in [0.2, 0.25) is 0 Å². The average Bonchev–Trinajstić information content (AvgIpc) is 2.19. The van der Waals surface area contributed by atoms with Gasteiger partial charge < -0.3 is 10.6 Å². The molecule has 96 valence electrons. The number of nitrogens with zero attached hydrogens (tertiary/aromatic N) is 1. The lowest BCUT2D eigenvalue weighted by Crippen LogP contribution is -2.34. The summed E-state index contributed by atoms with van der Waals surface area (Å²) in [6.07, 6.45) is -4.36. The van der Waals surface area contributed by atoms with Gasteiger partial charge in [-0.1, -0.05) is 0 Å². The lowest BCUT2D eigenvalue weighted by molar-refractivity contribution is -0.119. The van der Waals surface area contributed by atoms with E-state index in [2.05, 4.69) is 15.9 Å². The maximum atomic E-state index is 13.3. The maximum Gasteiger partial charge on any atom is 0.405 e. The number of hydrogen-bond acceptors (Lipinski definition) is 2. The third-order valence-electron chi connectivity index (χ3n) is 2.16. The Morgan fingerprint density at radius 2 is 1.94 bits per heavy atom. The van der Waals surface area contributed by atoms with Gasteiger partial charge in [0.05, 0.1) is 15.8 Å². The third-order valence-corrected chi connectivity index (χ3v) is 2.77. The van der Waals surface area contributed by atoms with Crippen molar-refractivity contribution in [3.63, 3.8) is 0 Å². The molecule has 0 unspecified atom stereocenters. The molecule has 0 amide bonds. The molecule has 2 N–H and O–H groups in total. The van der Waals surface area contributed by atoms with Gasteiger partial charge in [-0.3, -0.25) is 0 Å². The summed E-state index contributed by atoms with van der Waals surface area (Å²) >= 11 is 2.92. The SMILES string of the molecule is CCN(CC(F)(F)F)c1cc(F)c(Br)cc1N. The Morgan fingerprint density at radius 3 is 2.41 bits per heavy atom. The van der Waals surface area contributed by atoms with E-state index < -0.39 is 18.5 Å². The Bertz CT molecular complexity index is 406. The van der Waals surface area contributed by atoms with E-state index in [0.29, 0.717) is 0 Å². The van der Waals surface area contributed by atoms with Crippen molar-refractivity contribution < 1.29 is 17.6 Å². The van der Waals surface area contributed by atoms with Gasteiger partial charge in [0.25, 0.3) is 0 Å². The topological polar surface area (TPSA) is 29.3 Å². The normalized spacial score (nSPS) is 11.6. The molecular formula is C10H11BrF4N2. The summed E-state index contributed by atoms with van der Waals surface area (Å²) in [4.78, 5) is 0.977. The van der Waals surface area contributed by atoms with Crippen molar-refractivity contribution in [3.8, 4) is 0 Å². The van der Waals surface area contributed by atoms with Crippen molar-refractivity contribution in [3.05, 3.63) is 22.4 Å². The second-order valence-electron chi connectivity index (χ2n) is 3.45. The highest BCUT2D eigenvalue weighted by Gasteiger charge is 2.31. The van der Waals surface area contributed by atoms with Crippen LogP contribution in [0.4, 0.5) is 28.9 Å². The number of halogens is 5. The van der Waals surface area contributed by atoms with E-state index in [9.17, 15) is 17.6 Å². The van der Waals surface area contributed by atoms with Gasteiger partial charge in [0.1, 0.15) is 12.4 Å². The summed E-state index contributed by atoms with van der Waals surface area (Å²) in [5, 5.41) is 0. The Balaban J connectivity index is 3.08. The molecule has 0 aromatic heterocycles. The summed E-state index contributed by atoms with van der Waals surface area (Å²) in [6, 6.07) is 2.25. The molecule has 0 aliphatic heterocycles. The van der Waals surface area contributed by atoms with Crippen molar-refractivity contribution in [2.45, 2.75) is 13.1 Å². The van der Waals surface area contributed by atoms with Crippen molar-refractivity contribution in [2.24, 2.45) is 0 Å². The molecule has 0 saturated heterocycles. The van der Waals surface area contributed by atoms with Gasteiger partial charge in [-0.15, -0.1) is 0 Å². The first-order chi connectivity index (χ1) is 7.74. The minimum atomic E-state index is -4.36. The standard InChI is InChI=1S/C10H11BrF4N2/c1-2-17(5-10(13,14)15)9-4-7(12)6(11)3-8(9)16/h3-4H,2,5,16H2,1H3. The minimum absolute atomic E-state index is 0.0468. The molecule has 7 heteroatoms. The van der Waals surface area contributed by atoms with Gasteiger partial charge in [-0.2, -0.15) is 13.2 Å². The molecule has 1 aromatic rings. The summed E-state index contributed by atoms with van der Waals surface area (Å²) in [7, 11) is 0. The zero-order valence-electron chi connectivity index (χ0n) is 8.98. The fourth-order valence-electron chi connectivity index (χ4n) is 1.41. The largest absolute Gasteiger partial charge is 0.405 e. The lowest BCUT2D eigenvalue weighted by Gasteiger charge is -2.25. The molecule has 17 heavy (non-hydrogen) atoms. The van der Waals surface area contributed by atoms with Crippen LogP contribution in [-0.2, 0) is 0 Å². The zero-order valence-corrected chi connectivity index (χ0v) is 10.6. The summed E-state index contributed by atoms with van der Waals surface area (Å²) in [6.45, 7) is 0.477. The van der Waals surface area contributed by atoms with Crippen molar-refractivity contribution in [1.29, 1.82) is 0 Å². The van der Waals surface area contributed by atoms with Crippen LogP contribution in [0.3, 0.4) is 0 Å². The second-order valence-corrected chi connectivity index (χ2v) is 4.31. The van der Waals surface area contributed by atoms with E-state index in [0.717, 1.165) is 11.0 Å². The van der Waals surface area contributed by atoms with Crippen LogP contribution in [0, 0.1) is 5.82 Å². The van der Waals surface area contributed by atoms with Gasteiger partial charge in [0, 0.05) is 12.6 Å².